The van der Waals surface area contributed by atoms with Crippen molar-refractivity contribution in [1.82, 2.24) is 10.6 Å². The lowest BCUT2D eigenvalue weighted by Gasteiger charge is -2.07. The number of nitrogens with two attached hydrogens (primary N) is 1. The van der Waals surface area contributed by atoms with E-state index in [1.165, 1.54) is 0 Å². The number of nitrogens with one attached hydrogen (secondary N) is 2. The number of para-hydroxylation sites is 1. The van der Waals surface area contributed by atoms with Gasteiger partial charge < -0.3 is 16.2 Å². The number of carbonyl (C=O) groups is 3. The van der Waals surface area contributed by atoms with Crippen LogP contribution in [0.3, 0.4) is 0 Å². The van der Waals surface area contributed by atoms with Crippen LogP contribution in [0, 0.1) is 5.92 Å². The topological polar surface area (TPSA) is 134 Å². The number of carboxylic acids is 1. The Kier molecular flexibility index (Phi) is 11.4. The molecule has 1 aromatic carbocycles. The summed E-state index contributed by atoms with van der Waals surface area (Å²) in [7, 11) is 0. The van der Waals surface area contributed by atoms with Gasteiger partial charge in [-0.1, -0.05) is 32.0 Å². The summed E-state index contributed by atoms with van der Waals surface area (Å²) in [5.41, 5.74) is 6.07. The number of imide groups is 1. The van der Waals surface area contributed by atoms with Gasteiger partial charge >= 0.3 is 12.0 Å². The summed E-state index contributed by atoms with van der Waals surface area (Å²) < 4.78 is 0. The summed E-state index contributed by atoms with van der Waals surface area (Å²) in [5.74, 6) is -0.815. The molecule has 0 aromatic heterocycles. The molecule has 0 aliphatic carbocycles. The molecule has 1 aliphatic heterocycles. The number of carboxylic acid groups (broad SMARTS) is 1. The molecule has 25 heavy (non-hydrogen) atoms. The molecule has 1 saturated heterocycles. The van der Waals surface area contributed by atoms with Crippen LogP contribution in [0.15, 0.2) is 35.3 Å². The van der Waals surface area contributed by atoms with Crippen LogP contribution in [-0.4, -0.2) is 40.8 Å². The van der Waals surface area contributed by atoms with Crippen molar-refractivity contribution in [2.45, 2.75) is 26.3 Å². The molecule has 1 atom stereocenters. The standard InChI is InChI=1S/C7H5NS.C6H13NO2.C3H4N2O2/c9-6-8-7-4-2-1-3-5-7;1-4(2)3-5(7)6(8)9;6-2-1-4-3(7)5-2/h1-5H;4-5H,3,7H2,1-2H3,(H,8,9);1H2,(H2,4,5,6,7). The Morgan fingerprint density at radius 3 is 2.24 bits per heavy atom. The van der Waals surface area contributed by atoms with Crippen LogP contribution in [0.5, 0.6) is 0 Å². The van der Waals surface area contributed by atoms with Gasteiger partial charge in [0.05, 0.1) is 17.4 Å². The van der Waals surface area contributed by atoms with E-state index in [2.05, 4.69) is 27.7 Å². The molecule has 0 radical (unpaired) electrons. The van der Waals surface area contributed by atoms with Crippen LogP contribution in [0.1, 0.15) is 20.3 Å². The number of hydrogen-bond donors (Lipinski definition) is 4. The number of urea groups is 1. The number of benzene rings is 1. The van der Waals surface area contributed by atoms with Gasteiger partial charge in [0.15, 0.2) is 0 Å². The van der Waals surface area contributed by atoms with Crippen LogP contribution in [0.4, 0.5) is 10.5 Å². The molecule has 1 heterocycles. The van der Waals surface area contributed by atoms with Crippen LogP contribution in [0.25, 0.3) is 0 Å². The summed E-state index contributed by atoms with van der Waals surface area (Å²) >= 11 is 4.42. The first-order valence-corrected chi connectivity index (χ1v) is 7.86. The zero-order valence-electron chi connectivity index (χ0n) is 14.1. The van der Waals surface area contributed by atoms with E-state index >= 15 is 0 Å². The van der Waals surface area contributed by atoms with Crippen molar-refractivity contribution in [2.75, 3.05) is 6.54 Å². The van der Waals surface area contributed by atoms with Crippen molar-refractivity contribution in [3.63, 3.8) is 0 Å². The number of isothiocyanates is 1. The number of rotatable bonds is 4. The lowest BCUT2D eigenvalue weighted by molar-refractivity contribution is -0.138. The fourth-order valence-electron chi connectivity index (χ4n) is 1.54. The van der Waals surface area contributed by atoms with Gasteiger partial charge in [-0.2, -0.15) is 4.99 Å². The third-order valence-corrected chi connectivity index (χ3v) is 2.73. The van der Waals surface area contributed by atoms with Gasteiger partial charge in [0.25, 0.3) is 0 Å². The minimum absolute atomic E-state index is 0.124. The Morgan fingerprint density at radius 2 is 1.96 bits per heavy atom. The van der Waals surface area contributed by atoms with E-state index < -0.39 is 18.0 Å². The van der Waals surface area contributed by atoms with Crippen molar-refractivity contribution in [3.05, 3.63) is 30.3 Å². The van der Waals surface area contributed by atoms with E-state index in [1.807, 2.05) is 49.5 Å². The summed E-state index contributed by atoms with van der Waals surface area (Å²) in [6.45, 7) is 4.02. The van der Waals surface area contributed by atoms with E-state index in [1.54, 1.807) is 0 Å². The largest absolute Gasteiger partial charge is 0.480 e. The number of aliphatic carboxylic acids is 1. The second kappa shape index (κ2) is 12.8. The first-order valence-electron chi connectivity index (χ1n) is 7.45. The quantitative estimate of drug-likeness (QED) is 0.364. The second-order valence-electron chi connectivity index (χ2n) is 5.34. The Morgan fingerprint density at radius 1 is 1.36 bits per heavy atom. The number of aliphatic imine (C=N–C) groups is 1. The third-order valence-electron chi connectivity index (χ3n) is 2.64. The first kappa shape index (κ1) is 22.4. The average molecular weight is 366 g/mol. The number of hydrogen-bond acceptors (Lipinski definition) is 6. The van der Waals surface area contributed by atoms with Gasteiger partial charge in [-0.05, 0) is 36.7 Å². The highest BCUT2D eigenvalue weighted by Gasteiger charge is 2.14. The molecule has 3 amide bonds. The summed E-state index contributed by atoms with van der Waals surface area (Å²) in [4.78, 5) is 34.0. The van der Waals surface area contributed by atoms with Gasteiger partial charge in [0, 0.05) is 0 Å². The fourth-order valence-corrected chi connectivity index (χ4v) is 1.64. The average Bonchev–Trinajstić information content (AvgIpc) is 2.92. The summed E-state index contributed by atoms with van der Waals surface area (Å²) in [5, 5.41) is 14.9. The molecule has 9 heteroatoms. The molecular formula is C16H22N4O4S. The zero-order chi connectivity index (χ0) is 19.2. The molecule has 1 aliphatic rings. The summed E-state index contributed by atoms with van der Waals surface area (Å²) in [6, 6.07) is 8.41. The lowest BCUT2D eigenvalue weighted by atomic mass is 10.1. The summed E-state index contributed by atoms with van der Waals surface area (Å²) in [6.07, 6.45) is 0.551. The predicted octanol–water partition coefficient (Wildman–Crippen LogP) is 1.69. The lowest BCUT2D eigenvalue weighted by Crippen LogP contribution is -2.31. The van der Waals surface area contributed by atoms with E-state index in [-0.39, 0.29) is 12.5 Å². The van der Waals surface area contributed by atoms with Crippen molar-refractivity contribution in [2.24, 2.45) is 16.6 Å². The maximum Gasteiger partial charge on any atom is 0.321 e. The Bertz CT molecular complexity index is 602. The minimum atomic E-state index is -0.913. The van der Waals surface area contributed by atoms with Crippen molar-refractivity contribution in [3.8, 4) is 0 Å². The highest BCUT2D eigenvalue weighted by Crippen LogP contribution is 2.07. The van der Waals surface area contributed by atoms with Gasteiger partial charge in [-0.25, -0.2) is 4.79 Å². The molecule has 136 valence electrons. The fraction of sp³-hybridized carbons (Fsp3) is 0.375. The molecule has 0 spiro atoms. The number of thiocarbonyl (C=S) groups is 1. The first-order chi connectivity index (χ1) is 11.8. The van der Waals surface area contributed by atoms with Crippen LogP contribution >= 0.6 is 12.2 Å². The Balaban J connectivity index is 0.000000348. The highest BCUT2D eigenvalue weighted by atomic mass is 32.1. The molecule has 0 saturated carbocycles. The number of carbonyl (C=O) groups excluding carboxylic acids is 2. The Hall–Kier alpha value is -2.61. The van der Waals surface area contributed by atoms with E-state index in [9.17, 15) is 14.4 Å². The normalized spacial score (nSPS) is 13.1. The molecular weight excluding hydrogens is 344 g/mol. The maximum atomic E-state index is 10.1. The highest BCUT2D eigenvalue weighted by molar-refractivity contribution is 7.78. The van der Waals surface area contributed by atoms with E-state index in [0.29, 0.717) is 12.3 Å². The van der Waals surface area contributed by atoms with Crippen LogP contribution in [0.2, 0.25) is 0 Å². The van der Waals surface area contributed by atoms with Gasteiger partial charge in [0.1, 0.15) is 6.04 Å². The van der Waals surface area contributed by atoms with E-state index in [4.69, 9.17) is 10.8 Å². The molecule has 1 aromatic rings. The van der Waals surface area contributed by atoms with E-state index in [0.717, 1.165) is 5.69 Å². The molecule has 0 bridgehead atoms. The smallest absolute Gasteiger partial charge is 0.321 e. The third kappa shape index (κ3) is 12.5. The number of amides is 3. The van der Waals surface area contributed by atoms with Crippen molar-refractivity contribution < 1.29 is 19.5 Å². The monoisotopic (exact) mass is 366 g/mol. The minimum Gasteiger partial charge on any atom is -0.480 e. The molecule has 1 fully saturated rings. The molecule has 1 unspecified atom stereocenters. The van der Waals surface area contributed by atoms with Gasteiger partial charge in [-0.15, -0.1) is 0 Å². The maximum absolute atomic E-state index is 10.1. The molecule has 8 nitrogen and oxygen atoms in total. The van der Waals surface area contributed by atoms with Crippen molar-refractivity contribution in [1.29, 1.82) is 0 Å². The zero-order valence-corrected chi connectivity index (χ0v) is 14.9. The van der Waals surface area contributed by atoms with Gasteiger partial charge in [-0.3, -0.25) is 14.9 Å². The predicted molar refractivity (Wildman–Crippen MR) is 97.7 cm³/mol. The number of nitrogens with zero attached hydrogens (tertiary/aromatic N) is 1. The molecule has 5 N–H and O–H groups in total. The van der Waals surface area contributed by atoms with Crippen LogP contribution < -0.4 is 16.4 Å². The SMILES string of the molecule is CC(C)CC(N)C(=O)O.O=C1CNC(=O)N1.S=C=Nc1ccccc1. The molecule has 2 rings (SSSR count). The van der Waals surface area contributed by atoms with Crippen LogP contribution in [-0.2, 0) is 9.59 Å². The Labute approximate surface area is 151 Å². The second-order valence-corrected chi connectivity index (χ2v) is 5.53. The van der Waals surface area contributed by atoms with Gasteiger partial charge in [0.2, 0.25) is 5.91 Å². The van der Waals surface area contributed by atoms with Crippen molar-refractivity contribution >= 4 is 41.0 Å².